The van der Waals surface area contributed by atoms with Gasteiger partial charge >= 0.3 is 0 Å². The first-order valence-electron chi connectivity index (χ1n) is 6.51. The van der Waals surface area contributed by atoms with Crippen molar-refractivity contribution < 1.29 is 4.74 Å². The number of rotatable bonds is 4. The monoisotopic (exact) mass is 211 g/mol. The third-order valence-corrected chi connectivity index (χ3v) is 4.27. The van der Waals surface area contributed by atoms with E-state index in [9.17, 15) is 0 Å². The zero-order valence-electron chi connectivity index (χ0n) is 10.2. The van der Waals surface area contributed by atoms with Gasteiger partial charge in [-0.05, 0) is 43.6 Å². The number of hydrogen-bond donors (Lipinski definition) is 1. The molecule has 1 saturated heterocycles. The zero-order valence-corrected chi connectivity index (χ0v) is 10.2. The predicted molar refractivity (Wildman–Crippen MR) is 63.0 cm³/mol. The van der Waals surface area contributed by atoms with E-state index in [1.165, 1.54) is 38.6 Å². The molecule has 1 aliphatic heterocycles. The Kier molecular flexibility index (Phi) is 3.68. The van der Waals surface area contributed by atoms with E-state index in [4.69, 9.17) is 4.74 Å². The molecule has 2 rings (SSSR count). The molecule has 1 saturated carbocycles. The Bertz CT molecular complexity index is 197. The van der Waals surface area contributed by atoms with Gasteiger partial charge in [0, 0.05) is 13.2 Å². The lowest BCUT2D eigenvalue weighted by Crippen LogP contribution is -2.34. The first-order chi connectivity index (χ1) is 7.18. The highest BCUT2D eigenvalue weighted by molar-refractivity contribution is 4.86. The van der Waals surface area contributed by atoms with Crippen LogP contribution in [0.3, 0.4) is 0 Å². The summed E-state index contributed by atoms with van der Waals surface area (Å²) >= 11 is 0. The van der Waals surface area contributed by atoms with E-state index < -0.39 is 0 Å². The number of hydrogen-bond acceptors (Lipinski definition) is 2. The van der Waals surface area contributed by atoms with Gasteiger partial charge in [-0.1, -0.05) is 20.3 Å². The molecule has 2 unspecified atom stereocenters. The molecule has 0 radical (unpaired) electrons. The van der Waals surface area contributed by atoms with E-state index in [1.54, 1.807) is 0 Å². The van der Waals surface area contributed by atoms with E-state index in [0.29, 0.717) is 11.5 Å². The zero-order chi connectivity index (χ0) is 10.7. The minimum atomic E-state index is 0.495. The van der Waals surface area contributed by atoms with Gasteiger partial charge in [-0.15, -0.1) is 0 Å². The summed E-state index contributed by atoms with van der Waals surface area (Å²) < 4.78 is 5.61. The van der Waals surface area contributed by atoms with Crippen LogP contribution < -0.4 is 5.32 Å². The van der Waals surface area contributed by atoms with Crippen LogP contribution in [0.4, 0.5) is 0 Å². The third-order valence-electron chi connectivity index (χ3n) is 4.27. The highest BCUT2D eigenvalue weighted by atomic mass is 16.5. The van der Waals surface area contributed by atoms with Crippen LogP contribution in [0.25, 0.3) is 0 Å². The Morgan fingerprint density at radius 2 is 2.07 bits per heavy atom. The minimum absolute atomic E-state index is 0.495. The van der Waals surface area contributed by atoms with E-state index in [0.717, 1.165) is 19.1 Å². The number of ether oxygens (including phenoxy) is 1. The molecule has 0 aromatic carbocycles. The standard InChI is InChI=1S/C13H25NO/c1-13(2)7-3-5-11(13)9-14-10-12-6-4-8-15-12/h11-12,14H,3-10H2,1-2H3. The molecule has 2 heteroatoms. The van der Waals surface area contributed by atoms with E-state index in [1.807, 2.05) is 0 Å². The molecule has 15 heavy (non-hydrogen) atoms. The van der Waals surface area contributed by atoms with Gasteiger partial charge in [0.1, 0.15) is 0 Å². The van der Waals surface area contributed by atoms with Crippen LogP contribution >= 0.6 is 0 Å². The maximum Gasteiger partial charge on any atom is 0.0700 e. The van der Waals surface area contributed by atoms with Gasteiger partial charge < -0.3 is 10.1 Å². The summed E-state index contributed by atoms with van der Waals surface area (Å²) in [6.07, 6.45) is 7.22. The number of nitrogens with one attached hydrogen (secondary N) is 1. The van der Waals surface area contributed by atoms with Crippen LogP contribution in [-0.2, 0) is 4.74 Å². The summed E-state index contributed by atoms with van der Waals surface area (Å²) in [6.45, 7) is 8.05. The molecule has 2 fully saturated rings. The fourth-order valence-electron chi connectivity index (χ4n) is 3.00. The Balaban J connectivity index is 1.64. The van der Waals surface area contributed by atoms with Gasteiger partial charge in [-0.25, -0.2) is 0 Å². The fraction of sp³-hybridized carbons (Fsp3) is 1.00. The molecule has 0 aromatic rings. The van der Waals surface area contributed by atoms with Crippen molar-refractivity contribution in [2.75, 3.05) is 19.7 Å². The molecule has 1 aliphatic carbocycles. The summed E-state index contributed by atoms with van der Waals surface area (Å²) in [5.41, 5.74) is 0.559. The van der Waals surface area contributed by atoms with Crippen molar-refractivity contribution in [2.45, 2.75) is 52.1 Å². The molecule has 2 aliphatic rings. The molecular formula is C13H25NO. The summed E-state index contributed by atoms with van der Waals surface area (Å²) in [5.74, 6) is 0.874. The molecule has 88 valence electrons. The van der Waals surface area contributed by atoms with Gasteiger partial charge in [0.15, 0.2) is 0 Å². The predicted octanol–water partition coefficient (Wildman–Crippen LogP) is 2.58. The van der Waals surface area contributed by atoms with Crippen molar-refractivity contribution in [1.82, 2.24) is 5.32 Å². The topological polar surface area (TPSA) is 21.3 Å². The molecule has 1 N–H and O–H groups in total. The van der Waals surface area contributed by atoms with Crippen LogP contribution in [-0.4, -0.2) is 25.8 Å². The second kappa shape index (κ2) is 4.84. The smallest absolute Gasteiger partial charge is 0.0700 e. The lowest BCUT2D eigenvalue weighted by Gasteiger charge is -2.27. The fourth-order valence-corrected chi connectivity index (χ4v) is 3.00. The van der Waals surface area contributed by atoms with E-state index >= 15 is 0 Å². The van der Waals surface area contributed by atoms with Crippen LogP contribution in [0.2, 0.25) is 0 Å². The first kappa shape index (κ1) is 11.4. The maximum atomic E-state index is 5.61. The lowest BCUT2D eigenvalue weighted by molar-refractivity contribution is 0.107. The summed E-state index contributed by atoms with van der Waals surface area (Å²) in [4.78, 5) is 0. The molecule has 2 atom stereocenters. The minimum Gasteiger partial charge on any atom is -0.377 e. The van der Waals surface area contributed by atoms with Crippen LogP contribution in [0.15, 0.2) is 0 Å². The second-order valence-electron chi connectivity index (χ2n) is 5.87. The summed E-state index contributed by atoms with van der Waals surface area (Å²) in [7, 11) is 0. The van der Waals surface area contributed by atoms with Crippen LogP contribution in [0.1, 0.15) is 46.0 Å². The SMILES string of the molecule is CC1(C)CCCC1CNCC1CCCO1. The van der Waals surface area contributed by atoms with Crippen molar-refractivity contribution in [3.8, 4) is 0 Å². The van der Waals surface area contributed by atoms with Gasteiger partial charge in [0.2, 0.25) is 0 Å². The van der Waals surface area contributed by atoms with Crippen LogP contribution in [0.5, 0.6) is 0 Å². The quantitative estimate of drug-likeness (QED) is 0.771. The summed E-state index contributed by atoms with van der Waals surface area (Å²) in [5, 5.41) is 3.60. The highest BCUT2D eigenvalue weighted by Crippen LogP contribution is 2.41. The molecule has 2 nitrogen and oxygen atoms in total. The Labute approximate surface area is 93.8 Å². The first-order valence-corrected chi connectivity index (χ1v) is 6.51. The van der Waals surface area contributed by atoms with E-state index in [2.05, 4.69) is 19.2 Å². The molecule has 0 amide bonds. The van der Waals surface area contributed by atoms with Gasteiger partial charge in [-0.3, -0.25) is 0 Å². The average Bonchev–Trinajstić information content (AvgIpc) is 2.77. The molecule has 1 heterocycles. The highest BCUT2D eigenvalue weighted by Gasteiger charge is 2.33. The van der Waals surface area contributed by atoms with Crippen molar-refractivity contribution >= 4 is 0 Å². The Hall–Kier alpha value is -0.0800. The third kappa shape index (κ3) is 2.94. The molecule has 0 bridgehead atoms. The maximum absolute atomic E-state index is 5.61. The van der Waals surface area contributed by atoms with Crippen molar-refractivity contribution in [1.29, 1.82) is 0 Å². The normalized spacial score (nSPS) is 34.8. The van der Waals surface area contributed by atoms with Crippen molar-refractivity contribution in [2.24, 2.45) is 11.3 Å². The van der Waals surface area contributed by atoms with Gasteiger partial charge in [0.05, 0.1) is 6.10 Å². The van der Waals surface area contributed by atoms with Crippen molar-refractivity contribution in [3.05, 3.63) is 0 Å². The Morgan fingerprint density at radius 3 is 2.67 bits per heavy atom. The second-order valence-corrected chi connectivity index (χ2v) is 5.87. The molecule has 0 aromatic heterocycles. The lowest BCUT2D eigenvalue weighted by atomic mass is 9.82. The largest absolute Gasteiger partial charge is 0.377 e. The van der Waals surface area contributed by atoms with Crippen LogP contribution in [0, 0.1) is 11.3 Å². The molecule has 0 spiro atoms. The summed E-state index contributed by atoms with van der Waals surface area (Å²) in [6, 6.07) is 0. The van der Waals surface area contributed by atoms with Crippen molar-refractivity contribution in [3.63, 3.8) is 0 Å². The van der Waals surface area contributed by atoms with E-state index in [-0.39, 0.29) is 0 Å². The Morgan fingerprint density at radius 1 is 1.20 bits per heavy atom. The molecular weight excluding hydrogens is 186 g/mol. The van der Waals surface area contributed by atoms with Gasteiger partial charge in [0.25, 0.3) is 0 Å². The van der Waals surface area contributed by atoms with Gasteiger partial charge in [-0.2, -0.15) is 0 Å². The average molecular weight is 211 g/mol.